The molecule has 0 atom stereocenters. The summed E-state index contributed by atoms with van der Waals surface area (Å²) in [5.41, 5.74) is 1.39. The van der Waals surface area contributed by atoms with Gasteiger partial charge in [-0.05, 0) is 18.2 Å². The van der Waals surface area contributed by atoms with Crippen molar-refractivity contribution in [2.24, 2.45) is 7.05 Å². The van der Waals surface area contributed by atoms with Gasteiger partial charge in [0, 0.05) is 57.2 Å². The fourth-order valence-corrected chi connectivity index (χ4v) is 3.42. The van der Waals surface area contributed by atoms with Crippen molar-refractivity contribution in [1.82, 2.24) is 19.6 Å². The third-order valence-corrected chi connectivity index (χ3v) is 4.98. The minimum absolute atomic E-state index is 0.00798. The number of anilines is 1. The summed E-state index contributed by atoms with van der Waals surface area (Å²) in [5, 5.41) is 4.78. The molecule has 1 aromatic heterocycles. The fraction of sp³-hybridized carbons (Fsp3) is 0.421. The smallest absolute Gasteiger partial charge is 0.261 e. The highest BCUT2D eigenvalue weighted by Gasteiger charge is 2.26. The highest BCUT2D eigenvalue weighted by molar-refractivity contribution is 6.30. The molecule has 1 aliphatic heterocycles. The van der Waals surface area contributed by atoms with Crippen molar-refractivity contribution in [2.45, 2.75) is 0 Å². The topological polar surface area (TPSA) is 70.9 Å². The van der Waals surface area contributed by atoms with Crippen LogP contribution in [0.4, 0.5) is 5.69 Å². The van der Waals surface area contributed by atoms with Crippen LogP contribution in [0.2, 0.25) is 5.02 Å². The van der Waals surface area contributed by atoms with Gasteiger partial charge in [-0.1, -0.05) is 17.7 Å². The van der Waals surface area contributed by atoms with Crippen molar-refractivity contribution in [3.8, 4) is 5.88 Å². The molecule has 28 heavy (non-hydrogen) atoms. The Labute approximate surface area is 169 Å². The van der Waals surface area contributed by atoms with Crippen LogP contribution in [0.3, 0.4) is 0 Å². The molecule has 2 heterocycles. The molecule has 0 N–H and O–H groups in total. The molecule has 3 rings (SSSR count). The van der Waals surface area contributed by atoms with Crippen molar-refractivity contribution >= 4 is 29.1 Å². The normalized spacial score (nSPS) is 14.1. The van der Waals surface area contributed by atoms with Gasteiger partial charge >= 0.3 is 0 Å². The average molecular weight is 406 g/mol. The number of likely N-dealkylation sites (N-methyl/N-ethyl adjacent to an activating group) is 1. The van der Waals surface area contributed by atoms with Crippen LogP contribution in [0.25, 0.3) is 0 Å². The van der Waals surface area contributed by atoms with Crippen LogP contribution >= 0.6 is 11.6 Å². The molecule has 1 aromatic carbocycles. The standard InChI is InChI=1S/C19H24ClN5O3/c1-22(19(27)16-12-23(2)21-18(16)28-3)13-17(26)25-9-7-24(8-10-25)15-6-4-5-14(20)11-15/h4-6,11-12H,7-10,13H2,1-3H3. The zero-order valence-corrected chi connectivity index (χ0v) is 17.0. The molecule has 1 saturated heterocycles. The predicted octanol–water partition coefficient (Wildman–Crippen LogP) is 1.50. The number of rotatable bonds is 5. The van der Waals surface area contributed by atoms with Gasteiger partial charge in [-0.3, -0.25) is 14.3 Å². The second-order valence-corrected chi connectivity index (χ2v) is 7.17. The van der Waals surface area contributed by atoms with Gasteiger partial charge in [-0.2, -0.15) is 0 Å². The molecule has 2 aromatic rings. The number of carbonyl (C=O) groups is 2. The van der Waals surface area contributed by atoms with E-state index in [-0.39, 0.29) is 24.2 Å². The number of aryl methyl sites for hydroxylation is 1. The minimum Gasteiger partial charge on any atom is -0.479 e. The summed E-state index contributed by atoms with van der Waals surface area (Å²) >= 11 is 6.06. The number of aromatic nitrogens is 2. The highest BCUT2D eigenvalue weighted by atomic mass is 35.5. The number of methoxy groups -OCH3 is 1. The Kier molecular flexibility index (Phi) is 6.08. The van der Waals surface area contributed by atoms with E-state index in [1.54, 1.807) is 25.2 Å². The number of hydrogen-bond acceptors (Lipinski definition) is 5. The number of carbonyl (C=O) groups excluding carboxylic acids is 2. The molecule has 0 radical (unpaired) electrons. The molecule has 150 valence electrons. The average Bonchev–Trinajstić information content (AvgIpc) is 3.08. The van der Waals surface area contributed by atoms with E-state index in [0.717, 1.165) is 18.8 Å². The van der Waals surface area contributed by atoms with E-state index < -0.39 is 0 Å². The Hall–Kier alpha value is -2.74. The van der Waals surface area contributed by atoms with Gasteiger partial charge in [0.25, 0.3) is 5.91 Å². The first-order valence-corrected chi connectivity index (χ1v) is 9.38. The van der Waals surface area contributed by atoms with Crippen LogP contribution in [-0.4, -0.2) is 78.3 Å². The number of benzene rings is 1. The summed E-state index contributed by atoms with van der Waals surface area (Å²) in [6, 6.07) is 7.70. The first kappa shape index (κ1) is 20.0. The maximum absolute atomic E-state index is 12.6. The van der Waals surface area contributed by atoms with Gasteiger partial charge in [0.15, 0.2) is 0 Å². The van der Waals surface area contributed by atoms with Gasteiger partial charge in [-0.15, -0.1) is 5.10 Å². The molecular weight excluding hydrogens is 382 g/mol. The van der Waals surface area contributed by atoms with Crippen molar-refractivity contribution in [2.75, 3.05) is 51.8 Å². The summed E-state index contributed by atoms with van der Waals surface area (Å²) in [6.45, 7) is 2.65. The number of nitrogens with zero attached hydrogens (tertiary/aromatic N) is 5. The summed E-state index contributed by atoms with van der Waals surface area (Å²) in [5.74, 6) is -0.123. The Morgan fingerprint density at radius 1 is 1.25 bits per heavy atom. The van der Waals surface area contributed by atoms with Gasteiger partial charge in [0.2, 0.25) is 11.8 Å². The lowest BCUT2D eigenvalue weighted by Crippen LogP contribution is -2.51. The van der Waals surface area contributed by atoms with Crippen LogP contribution in [0.1, 0.15) is 10.4 Å². The number of amides is 2. The third kappa shape index (κ3) is 4.39. The van der Waals surface area contributed by atoms with E-state index in [2.05, 4.69) is 10.00 Å². The maximum Gasteiger partial charge on any atom is 0.261 e. The Morgan fingerprint density at radius 2 is 1.96 bits per heavy atom. The largest absolute Gasteiger partial charge is 0.479 e. The van der Waals surface area contributed by atoms with Crippen LogP contribution < -0.4 is 9.64 Å². The van der Waals surface area contributed by atoms with E-state index >= 15 is 0 Å². The predicted molar refractivity (Wildman–Crippen MR) is 107 cm³/mol. The van der Waals surface area contributed by atoms with E-state index in [9.17, 15) is 9.59 Å². The molecular formula is C19H24ClN5O3. The Morgan fingerprint density at radius 3 is 2.61 bits per heavy atom. The van der Waals surface area contributed by atoms with Crippen molar-refractivity contribution in [3.63, 3.8) is 0 Å². The van der Waals surface area contributed by atoms with Crippen molar-refractivity contribution < 1.29 is 14.3 Å². The van der Waals surface area contributed by atoms with E-state index in [1.807, 2.05) is 24.3 Å². The first-order chi connectivity index (χ1) is 13.4. The van der Waals surface area contributed by atoms with Gasteiger partial charge < -0.3 is 19.4 Å². The van der Waals surface area contributed by atoms with Gasteiger partial charge in [0.1, 0.15) is 5.56 Å². The van der Waals surface area contributed by atoms with Crippen LogP contribution in [0.15, 0.2) is 30.5 Å². The number of halogens is 1. The van der Waals surface area contributed by atoms with Crippen molar-refractivity contribution in [1.29, 1.82) is 0 Å². The second kappa shape index (κ2) is 8.52. The molecule has 0 unspecified atom stereocenters. The molecule has 1 fully saturated rings. The minimum atomic E-state index is -0.295. The van der Waals surface area contributed by atoms with E-state index in [0.29, 0.717) is 23.7 Å². The summed E-state index contributed by atoms with van der Waals surface area (Å²) < 4.78 is 6.64. The van der Waals surface area contributed by atoms with Crippen LogP contribution in [0, 0.1) is 0 Å². The SMILES string of the molecule is COc1nn(C)cc1C(=O)N(C)CC(=O)N1CCN(c2cccc(Cl)c2)CC1. The number of piperazine rings is 1. The molecule has 0 saturated carbocycles. The maximum atomic E-state index is 12.6. The molecule has 1 aliphatic rings. The molecule has 0 spiro atoms. The summed E-state index contributed by atoms with van der Waals surface area (Å²) in [7, 11) is 4.78. The lowest BCUT2D eigenvalue weighted by atomic mass is 10.2. The first-order valence-electron chi connectivity index (χ1n) is 9.00. The van der Waals surface area contributed by atoms with Crippen LogP contribution in [0.5, 0.6) is 5.88 Å². The van der Waals surface area contributed by atoms with Crippen LogP contribution in [-0.2, 0) is 11.8 Å². The number of ether oxygens (including phenoxy) is 1. The van der Waals surface area contributed by atoms with Crippen molar-refractivity contribution in [3.05, 3.63) is 41.0 Å². The quantitative estimate of drug-likeness (QED) is 0.754. The third-order valence-electron chi connectivity index (χ3n) is 4.74. The zero-order chi connectivity index (χ0) is 20.3. The number of hydrogen-bond donors (Lipinski definition) is 0. The Bertz CT molecular complexity index is 861. The molecule has 2 amide bonds. The summed E-state index contributed by atoms with van der Waals surface area (Å²) in [4.78, 5) is 30.6. The summed E-state index contributed by atoms with van der Waals surface area (Å²) in [6.07, 6.45) is 1.59. The molecule has 9 heteroatoms. The zero-order valence-electron chi connectivity index (χ0n) is 16.3. The lowest BCUT2D eigenvalue weighted by Gasteiger charge is -2.36. The highest BCUT2D eigenvalue weighted by Crippen LogP contribution is 2.21. The lowest BCUT2D eigenvalue weighted by molar-refractivity contribution is -0.131. The van der Waals surface area contributed by atoms with E-state index in [1.165, 1.54) is 16.7 Å². The molecule has 0 aliphatic carbocycles. The second-order valence-electron chi connectivity index (χ2n) is 6.73. The molecule has 8 nitrogen and oxygen atoms in total. The fourth-order valence-electron chi connectivity index (χ4n) is 3.23. The monoisotopic (exact) mass is 405 g/mol. The van der Waals surface area contributed by atoms with Gasteiger partial charge in [-0.25, -0.2) is 0 Å². The molecule has 0 bridgehead atoms. The van der Waals surface area contributed by atoms with Gasteiger partial charge in [0.05, 0.1) is 13.7 Å². The Balaban J connectivity index is 1.56. The van der Waals surface area contributed by atoms with E-state index in [4.69, 9.17) is 16.3 Å².